The van der Waals surface area contributed by atoms with Crippen LogP contribution < -0.4 is 10.6 Å². The van der Waals surface area contributed by atoms with E-state index in [1.54, 1.807) is 24.4 Å². The Bertz CT molecular complexity index is 1180. The quantitative estimate of drug-likeness (QED) is 0.512. The maximum absolute atomic E-state index is 14.3. The minimum atomic E-state index is -0.321. The van der Waals surface area contributed by atoms with E-state index in [1.807, 2.05) is 10.6 Å². The molecule has 3 aromatic rings. The lowest BCUT2D eigenvalue weighted by atomic mass is 9.93. The van der Waals surface area contributed by atoms with Gasteiger partial charge in [0.1, 0.15) is 17.2 Å². The fourth-order valence-corrected chi connectivity index (χ4v) is 4.24. The first-order chi connectivity index (χ1) is 15.6. The Morgan fingerprint density at radius 3 is 2.44 bits per heavy atom. The summed E-state index contributed by atoms with van der Waals surface area (Å²) >= 11 is 0. The lowest BCUT2D eigenvalue weighted by Gasteiger charge is -2.28. The number of nitrogens with zero attached hydrogens (tertiary/aromatic N) is 4. The van der Waals surface area contributed by atoms with Crippen molar-refractivity contribution in [3.8, 4) is 0 Å². The van der Waals surface area contributed by atoms with Gasteiger partial charge in [-0.2, -0.15) is 4.98 Å². The Kier molecular flexibility index (Phi) is 5.57. The smallest absolute Gasteiger partial charge is 0.229 e. The Labute approximate surface area is 183 Å². The number of aliphatic hydroxyl groups is 1. The van der Waals surface area contributed by atoms with Gasteiger partial charge in [-0.15, -0.1) is 0 Å². The average molecular weight is 438 g/mol. The summed E-state index contributed by atoms with van der Waals surface area (Å²) in [5.74, 6) is 0.249. The predicted octanol–water partition coefficient (Wildman–Crippen LogP) is 5.13. The third-order valence-corrected chi connectivity index (χ3v) is 5.91. The molecule has 1 aromatic carbocycles. The van der Waals surface area contributed by atoms with Gasteiger partial charge < -0.3 is 15.7 Å². The molecule has 166 valence electrons. The van der Waals surface area contributed by atoms with Crippen molar-refractivity contribution >= 4 is 28.7 Å². The molecule has 9 heteroatoms. The molecule has 0 radical (unpaired) electrons. The summed E-state index contributed by atoms with van der Waals surface area (Å²) in [5.41, 5.74) is 2.27. The number of hydrogen-bond donors (Lipinski definition) is 3. The second kappa shape index (κ2) is 8.66. The number of aromatic nitrogens is 4. The van der Waals surface area contributed by atoms with E-state index in [4.69, 9.17) is 0 Å². The topological polar surface area (TPSA) is 87.9 Å². The first-order valence-electron chi connectivity index (χ1n) is 10.9. The van der Waals surface area contributed by atoms with E-state index >= 15 is 0 Å². The molecule has 2 aromatic heterocycles. The van der Waals surface area contributed by atoms with Crippen LogP contribution in [0.3, 0.4) is 0 Å². The molecule has 0 atom stereocenters. The van der Waals surface area contributed by atoms with E-state index in [1.165, 1.54) is 12.1 Å². The summed E-state index contributed by atoms with van der Waals surface area (Å²) in [7, 11) is 0. The van der Waals surface area contributed by atoms with Crippen molar-refractivity contribution in [1.29, 1.82) is 0 Å². The van der Waals surface area contributed by atoms with E-state index in [9.17, 15) is 13.9 Å². The zero-order chi connectivity index (χ0) is 22.1. The normalized spacial score (nSPS) is 21.2. The number of benzene rings is 1. The Morgan fingerprint density at radius 1 is 0.938 bits per heavy atom. The van der Waals surface area contributed by atoms with Gasteiger partial charge in [-0.05, 0) is 68.9 Å². The lowest BCUT2D eigenvalue weighted by molar-refractivity contribution is 0.112. The van der Waals surface area contributed by atoms with Gasteiger partial charge in [0.05, 0.1) is 18.0 Å². The molecule has 3 N–H and O–H groups in total. The maximum Gasteiger partial charge on any atom is 0.229 e. The zero-order valence-electron chi connectivity index (χ0n) is 17.4. The van der Waals surface area contributed by atoms with Gasteiger partial charge in [-0.25, -0.2) is 18.7 Å². The number of anilines is 3. The van der Waals surface area contributed by atoms with Crippen LogP contribution in [0, 0.1) is 5.82 Å². The molecule has 0 saturated heterocycles. The monoisotopic (exact) mass is 438 g/mol. The molecule has 0 amide bonds. The van der Waals surface area contributed by atoms with Crippen molar-refractivity contribution in [2.75, 3.05) is 10.6 Å². The van der Waals surface area contributed by atoms with Crippen molar-refractivity contribution in [2.24, 2.45) is 0 Å². The molecule has 0 unspecified atom stereocenters. The molecule has 1 saturated carbocycles. The molecule has 0 spiro atoms. The fraction of sp³-hybridized carbons (Fsp3) is 0.348. The standard InChI is InChI=1S/C23H24F2N6O/c24-14-5-7-15(8-6-14)27-22-26-13-20-21(30-22)31(16-9-11-17(32)12-10-16)23(29-20)28-19-4-2-1-3-18(19)25/h3-8,13,16-17,32H,1-2,9-12H2,(H,28,29)(H,26,27,30). The summed E-state index contributed by atoms with van der Waals surface area (Å²) in [6, 6.07) is 6.01. The Balaban J connectivity index is 1.53. The van der Waals surface area contributed by atoms with Crippen LogP contribution in [0.5, 0.6) is 0 Å². The number of hydrogen-bond acceptors (Lipinski definition) is 6. The van der Waals surface area contributed by atoms with Crippen LogP contribution in [0.25, 0.3) is 11.2 Å². The summed E-state index contributed by atoms with van der Waals surface area (Å²) in [6.07, 6.45) is 9.06. The summed E-state index contributed by atoms with van der Waals surface area (Å²) in [4.78, 5) is 13.7. The van der Waals surface area contributed by atoms with Crippen LogP contribution in [0.2, 0.25) is 0 Å². The van der Waals surface area contributed by atoms with Crippen molar-refractivity contribution in [1.82, 2.24) is 19.5 Å². The fourth-order valence-electron chi connectivity index (χ4n) is 4.24. The van der Waals surface area contributed by atoms with E-state index in [0.29, 0.717) is 53.7 Å². The Morgan fingerprint density at radius 2 is 1.69 bits per heavy atom. The van der Waals surface area contributed by atoms with Gasteiger partial charge in [0.15, 0.2) is 5.65 Å². The van der Waals surface area contributed by atoms with Crippen LogP contribution in [-0.2, 0) is 0 Å². The third kappa shape index (κ3) is 4.20. The van der Waals surface area contributed by atoms with Crippen LogP contribution in [-0.4, -0.2) is 30.7 Å². The van der Waals surface area contributed by atoms with E-state index in [2.05, 4.69) is 25.6 Å². The molecule has 2 heterocycles. The van der Waals surface area contributed by atoms with Gasteiger partial charge in [0, 0.05) is 11.7 Å². The van der Waals surface area contributed by atoms with Crippen molar-refractivity contribution < 1.29 is 13.9 Å². The van der Waals surface area contributed by atoms with Gasteiger partial charge >= 0.3 is 0 Å². The minimum absolute atomic E-state index is 0.0655. The number of nitrogens with one attached hydrogen (secondary N) is 2. The summed E-state index contributed by atoms with van der Waals surface area (Å²) in [5, 5.41) is 16.2. The molecular weight excluding hydrogens is 414 g/mol. The molecule has 0 aliphatic heterocycles. The maximum atomic E-state index is 14.3. The average Bonchev–Trinajstić information content (AvgIpc) is 3.15. The molecular formula is C23H24F2N6O. The number of imidazole rings is 1. The highest BCUT2D eigenvalue weighted by Gasteiger charge is 2.27. The summed E-state index contributed by atoms with van der Waals surface area (Å²) in [6.45, 7) is 0. The SMILES string of the molecule is OC1CCC(n2c(NC3=CCCC=C3F)nc3cnc(Nc4ccc(F)cc4)nc32)CC1. The molecule has 32 heavy (non-hydrogen) atoms. The van der Waals surface area contributed by atoms with E-state index < -0.39 is 0 Å². The van der Waals surface area contributed by atoms with Crippen molar-refractivity contribution in [3.05, 3.63) is 60.0 Å². The number of rotatable bonds is 5. The van der Waals surface area contributed by atoms with Crippen LogP contribution in [0.1, 0.15) is 44.6 Å². The van der Waals surface area contributed by atoms with Crippen molar-refractivity contribution in [3.63, 3.8) is 0 Å². The number of fused-ring (bicyclic) bond motifs is 1. The highest BCUT2D eigenvalue weighted by atomic mass is 19.1. The largest absolute Gasteiger partial charge is 0.393 e. The molecule has 1 fully saturated rings. The van der Waals surface area contributed by atoms with Crippen LogP contribution in [0.4, 0.5) is 26.4 Å². The second-order valence-electron chi connectivity index (χ2n) is 8.17. The number of aliphatic hydroxyl groups excluding tert-OH is 1. The Hall–Kier alpha value is -3.33. The minimum Gasteiger partial charge on any atom is -0.393 e. The highest BCUT2D eigenvalue weighted by Crippen LogP contribution is 2.35. The first-order valence-corrected chi connectivity index (χ1v) is 10.9. The lowest BCUT2D eigenvalue weighted by Crippen LogP contribution is -2.22. The number of allylic oxidation sites excluding steroid dienone is 3. The molecule has 5 rings (SSSR count). The van der Waals surface area contributed by atoms with E-state index in [0.717, 1.165) is 19.3 Å². The molecule has 7 nitrogen and oxygen atoms in total. The predicted molar refractivity (Wildman–Crippen MR) is 119 cm³/mol. The van der Waals surface area contributed by atoms with Crippen molar-refractivity contribution in [2.45, 2.75) is 50.7 Å². The first kappa shape index (κ1) is 20.6. The van der Waals surface area contributed by atoms with Gasteiger partial charge in [0.25, 0.3) is 0 Å². The number of halogens is 2. The molecule has 2 aliphatic rings. The summed E-state index contributed by atoms with van der Waals surface area (Å²) < 4.78 is 29.5. The second-order valence-corrected chi connectivity index (χ2v) is 8.17. The molecule has 0 bridgehead atoms. The van der Waals surface area contributed by atoms with Gasteiger partial charge in [-0.1, -0.05) is 6.08 Å². The molecule has 2 aliphatic carbocycles. The van der Waals surface area contributed by atoms with Gasteiger partial charge in [0.2, 0.25) is 11.9 Å². The van der Waals surface area contributed by atoms with Crippen LogP contribution in [0.15, 0.2) is 54.1 Å². The van der Waals surface area contributed by atoms with Gasteiger partial charge in [-0.3, -0.25) is 4.57 Å². The zero-order valence-corrected chi connectivity index (χ0v) is 17.4. The third-order valence-electron chi connectivity index (χ3n) is 5.91. The van der Waals surface area contributed by atoms with E-state index in [-0.39, 0.29) is 23.8 Å². The highest BCUT2D eigenvalue weighted by molar-refractivity contribution is 5.76. The van der Waals surface area contributed by atoms with Crippen LogP contribution >= 0.6 is 0 Å².